The minimum atomic E-state index is 0.674. The standard InChI is InChI=1S/C13H14BrN3/c1-8(14)7-16-13-5-9(2)17-12-4-3-10(15)6-11(12)13/h3-6H,1,7,15H2,2H3,(H,16,17). The van der Waals surface area contributed by atoms with Crippen molar-refractivity contribution in [3.63, 3.8) is 0 Å². The van der Waals surface area contributed by atoms with Crippen LogP contribution in [0.5, 0.6) is 0 Å². The molecule has 0 atom stereocenters. The van der Waals surface area contributed by atoms with Crippen molar-refractivity contribution in [2.75, 3.05) is 17.6 Å². The Hall–Kier alpha value is -1.55. The summed E-state index contributed by atoms with van der Waals surface area (Å²) in [6, 6.07) is 7.74. The molecule has 0 saturated heterocycles. The zero-order valence-corrected chi connectivity index (χ0v) is 11.2. The minimum absolute atomic E-state index is 0.674. The van der Waals surface area contributed by atoms with Crippen LogP contribution in [0, 0.1) is 6.92 Å². The molecular formula is C13H14BrN3. The number of pyridine rings is 1. The normalized spacial score (nSPS) is 10.5. The Morgan fingerprint density at radius 2 is 2.24 bits per heavy atom. The summed E-state index contributed by atoms with van der Waals surface area (Å²) in [7, 11) is 0. The quantitative estimate of drug-likeness (QED) is 0.852. The van der Waals surface area contributed by atoms with Crippen LogP contribution in [0.15, 0.2) is 35.3 Å². The third kappa shape index (κ3) is 2.77. The zero-order chi connectivity index (χ0) is 12.4. The second-order valence-electron chi connectivity index (χ2n) is 3.96. The van der Waals surface area contributed by atoms with Gasteiger partial charge in [0, 0.05) is 33.5 Å². The lowest BCUT2D eigenvalue weighted by molar-refractivity contribution is 1.24. The smallest absolute Gasteiger partial charge is 0.0727 e. The number of anilines is 2. The maximum absolute atomic E-state index is 5.80. The van der Waals surface area contributed by atoms with Gasteiger partial charge in [-0.2, -0.15) is 0 Å². The summed E-state index contributed by atoms with van der Waals surface area (Å²) in [5, 5.41) is 4.34. The van der Waals surface area contributed by atoms with Gasteiger partial charge in [0.1, 0.15) is 0 Å². The van der Waals surface area contributed by atoms with E-state index in [1.807, 2.05) is 31.2 Å². The summed E-state index contributed by atoms with van der Waals surface area (Å²) in [6.07, 6.45) is 0. The van der Waals surface area contributed by atoms with E-state index in [-0.39, 0.29) is 0 Å². The van der Waals surface area contributed by atoms with Gasteiger partial charge >= 0.3 is 0 Å². The third-order valence-electron chi connectivity index (χ3n) is 2.43. The van der Waals surface area contributed by atoms with Gasteiger partial charge in [0.2, 0.25) is 0 Å². The lowest BCUT2D eigenvalue weighted by Gasteiger charge is -2.10. The number of nitrogen functional groups attached to an aromatic ring is 1. The predicted molar refractivity (Wildman–Crippen MR) is 77.4 cm³/mol. The van der Waals surface area contributed by atoms with Crippen LogP contribution >= 0.6 is 15.9 Å². The van der Waals surface area contributed by atoms with Gasteiger partial charge < -0.3 is 11.1 Å². The first kappa shape index (κ1) is 11.9. The molecule has 0 amide bonds. The summed E-state index contributed by atoms with van der Waals surface area (Å²) in [5.74, 6) is 0. The first-order valence-corrected chi connectivity index (χ1v) is 6.09. The molecule has 88 valence electrons. The van der Waals surface area contributed by atoms with Gasteiger partial charge in [-0.3, -0.25) is 4.98 Å². The molecule has 17 heavy (non-hydrogen) atoms. The van der Waals surface area contributed by atoms with E-state index in [0.717, 1.165) is 32.5 Å². The van der Waals surface area contributed by atoms with E-state index in [1.165, 1.54) is 0 Å². The van der Waals surface area contributed by atoms with Crippen LogP contribution in [-0.2, 0) is 0 Å². The molecule has 1 aromatic heterocycles. The first-order chi connectivity index (χ1) is 8.06. The Kier molecular flexibility index (Phi) is 3.33. The Balaban J connectivity index is 2.51. The van der Waals surface area contributed by atoms with Crippen molar-refractivity contribution in [1.82, 2.24) is 4.98 Å². The minimum Gasteiger partial charge on any atom is -0.399 e. The average Bonchev–Trinajstić information content (AvgIpc) is 2.26. The number of nitrogens with one attached hydrogen (secondary N) is 1. The van der Waals surface area contributed by atoms with Crippen molar-refractivity contribution in [2.24, 2.45) is 0 Å². The third-order valence-corrected chi connectivity index (χ3v) is 2.71. The lowest BCUT2D eigenvalue weighted by atomic mass is 10.1. The van der Waals surface area contributed by atoms with Crippen LogP contribution in [0.2, 0.25) is 0 Å². The van der Waals surface area contributed by atoms with E-state index >= 15 is 0 Å². The van der Waals surface area contributed by atoms with E-state index in [2.05, 4.69) is 32.8 Å². The molecule has 3 N–H and O–H groups in total. The van der Waals surface area contributed by atoms with Crippen LogP contribution < -0.4 is 11.1 Å². The van der Waals surface area contributed by atoms with Gasteiger partial charge in [0.25, 0.3) is 0 Å². The molecular weight excluding hydrogens is 278 g/mol. The SMILES string of the molecule is C=C(Br)CNc1cc(C)nc2ccc(N)cc12. The predicted octanol–water partition coefficient (Wildman–Crippen LogP) is 3.45. The highest BCUT2D eigenvalue weighted by atomic mass is 79.9. The van der Waals surface area contributed by atoms with Crippen LogP contribution in [0.3, 0.4) is 0 Å². The molecule has 0 aliphatic heterocycles. The molecule has 0 saturated carbocycles. The van der Waals surface area contributed by atoms with Gasteiger partial charge in [-0.25, -0.2) is 0 Å². The summed E-state index contributed by atoms with van der Waals surface area (Å²) >= 11 is 3.33. The van der Waals surface area contributed by atoms with Crippen LogP contribution in [0.4, 0.5) is 11.4 Å². The number of rotatable bonds is 3. The van der Waals surface area contributed by atoms with E-state index < -0.39 is 0 Å². The van der Waals surface area contributed by atoms with Gasteiger partial charge in [0.15, 0.2) is 0 Å². The molecule has 2 aromatic rings. The van der Waals surface area contributed by atoms with Gasteiger partial charge in [-0.15, -0.1) is 0 Å². The number of benzene rings is 1. The number of nitrogens with two attached hydrogens (primary N) is 1. The van der Waals surface area contributed by atoms with Gasteiger partial charge in [-0.05, 0) is 31.2 Å². The van der Waals surface area contributed by atoms with Gasteiger partial charge in [-0.1, -0.05) is 22.5 Å². The fraction of sp³-hybridized carbons (Fsp3) is 0.154. The van der Waals surface area contributed by atoms with Crippen LogP contribution in [0.1, 0.15) is 5.69 Å². The molecule has 2 rings (SSSR count). The molecule has 0 fully saturated rings. The zero-order valence-electron chi connectivity index (χ0n) is 9.63. The molecule has 4 heteroatoms. The highest BCUT2D eigenvalue weighted by Gasteiger charge is 2.04. The number of hydrogen-bond donors (Lipinski definition) is 2. The molecule has 1 heterocycles. The van der Waals surface area contributed by atoms with Crippen LogP contribution in [-0.4, -0.2) is 11.5 Å². The van der Waals surface area contributed by atoms with Gasteiger partial charge in [0.05, 0.1) is 5.52 Å². The summed E-state index contributed by atoms with van der Waals surface area (Å²) in [4.78, 5) is 4.47. The van der Waals surface area contributed by atoms with Crippen molar-refractivity contribution in [1.29, 1.82) is 0 Å². The number of aromatic nitrogens is 1. The van der Waals surface area contributed by atoms with Crippen molar-refractivity contribution in [3.05, 3.63) is 41.0 Å². The van der Waals surface area contributed by atoms with E-state index in [9.17, 15) is 0 Å². The van der Waals surface area contributed by atoms with Crippen molar-refractivity contribution >= 4 is 38.2 Å². The van der Waals surface area contributed by atoms with Crippen molar-refractivity contribution in [2.45, 2.75) is 6.92 Å². The molecule has 0 spiro atoms. The molecule has 0 aliphatic carbocycles. The van der Waals surface area contributed by atoms with Crippen molar-refractivity contribution in [3.8, 4) is 0 Å². The Morgan fingerprint density at radius 1 is 1.47 bits per heavy atom. The van der Waals surface area contributed by atoms with E-state index in [0.29, 0.717) is 6.54 Å². The number of halogens is 1. The highest BCUT2D eigenvalue weighted by Crippen LogP contribution is 2.25. The number of fused-ring (bicyclic) bond motifs is 1. The molecule has 0 aliphatic rings. The monoisotopic (exact) mass is 291 g/mol. The van der Waals surface area contributed by atoms with E-state index in [4.69, 9.17) is 5.73 Å². The summed E-state index contributed by atoms with van der Waals surface area (Å²) in [5.41, 5.74) is 9.50. The molecule has 0 bridgehead atoms. The Labute approximate surface area is 109 Å². The Bertz CT molecular complexity index is 578. The number of nitrogens with zero attached hydrogens (tertiary/aromatic N) is 1. The fourth-order valence-electron chi connectivity index (χ4n) is 1.71. The summed E-state index contributed by atoms with van der Waals surface area (Å²) in [6.45, 7) is 6.45. The molecule has 1 aromatic carbocycles. The average molecular weight is 292 g/mol. The second-order valence-corrected chi connectivity index (χ2v) is 5.08. The fourth-order valence-corrected chi connectivity index (χ4v) is 1.85. The lowest BCUT2D eigenvalue weighted by Crippen LogP contribution is -2.02. The number of aryl methyl sites for hydroxylation is 1. The largest absolute Gasteiger partial charge is 0.399 e. The molecule has 3 nitrogen and oxygen atoms in total. The maximum atomic E-state index is 5.80. The van der Waals surface area contributed by atoms with E-state index in [1.54, 1.807) is 0 Å². The summed E-state index contributed by atoms with van der Waals surface area (Å²) < 4.78 is 0.906. The second kappa shape index (κ2) is 4.75. The van der Waals surface area contributed by atoms with Crippen LogP contribution in [0.25, 0.3) is 10.9 Å². The number of hydrogen-bond acceptors (Lipinski definition) is 3. The Morgan fingerprint density at radius 3 is 2.94 bits per heavy atom. The highest BCUT2D eigenvalue weighted by molar-refractivity contribution is 9.11. The maximum Gasteiger partial charge on any atom is 0.0727 e. The first-order valence-electron chi connectivity index (χ1n) is 5.30. The molecule has 0 unspecified atom stereocenters. The topological polar surface area (TPSA) is 50.9 Å². The molecule has 0 radical (unpaired) electrons. The van der Waals surface area contributed by atoms with Crippen molar-refractivity contribution < 1.29 is 0 Å².